The Balaban J connectivity index is 1.99. The van der Waals surface area contributed by atoms with Crippen LogP contribution in [0.1, 0.15) is 51.0 Å². The van der Waals surface area contributed by atoms with Crippen LogP contribution in [0.5, 0.6) is 0 Å². The minimum Gasteiger partial charge on any atom is -0.264 e. The van der Waals surface area contributed by atoms with Crippen molar-refractivity contribution in [1.82, 2.24) is 4.98 Å². The van der Waals surface area contributed by atoms with Gasteiger partial charge in [0.25, 0.3) is 0 Å². The molecule has 1 rings (SSSR count). The van der Waals surface area contributed by atoms with Crippen LogP contribution in [0.25, 0.3) is 0 Å². The molecular formula is C13H20N. The van der Waals surface area contributed by atoms with Crippen LogP contribution >= 0.6 is 0 Å². The zero-order valence-electron chi connectivity index (χ0n) is 9.13. The number of aryl methyl sites for hydroxylation is 1. The zero-order chi connectivity index (χ0) is 10.1. The molecule has 0 aliphatic carbocycles. The molecule has 77 valence electrons. The summed E-state index contributed by atoms with van der Waals surface area (Å²) in [6.45, 7) is 2.25. The molecule has 1 heterocycles. The molecule has 0 unspecified atom stereocenters. The van der Waals surface area contributed by atoms with E-state index in [1.807, 2.05) is 12.3 Å². The van der Waals surface area contributed by atoms with Crippen LogP contribution in [-0.2, 0) is 6.42 Å². The number of unbranched alkanes of at least 4 members (excludes halogenated alkanes) is 5. The van der Waals surface area contributed by atoms with E-state index < -0.39 is 0 Å². The van der Waals surface area contributed by atoms with Gasteiger partial charge in [-0.05, 0) is 30.5 Å². The van der Waals surface area contributed by atoms with Crippen molar-refractivity contribution >= 4 is 0 Å². The van der Waals surface area contributed by atoms with E-state index in [9.17, 15) is 0 Å². The van der Waals surface area contributed by atoms with Gasteiger partial charge in [0.15, 0.2) is 0 Å². The first-order chi connectivity index (χ1) is 6.93. The fourth-order valence-corrected chi connectivity index (χ4v) is 1.59. The van der Waals surface area contributed by atoms with Crippen molar-refractivity contribution in [2.45, 2.75) is 51.9 Å². The Labute approximate surface area is 87.6 Å². The molecule has 0 fully saturated rings. The van der Waals surface area contributed by atoms with Gasteiger partial charge in [-0.3, -0.25) is 4.98 Å². The summed E-state index contributed by atoms with van der Waals surface area (Å²) < 4.78 is 0. The van der Waals surface area contributed by atoms with Crippen LogP contribution in [-0.4, -0.2) is 4.98 Å². The van der Waals surface area contributed by atoms with Crippen molar-refractivity contribution in [3.8, 4) is 0 Å². The lowest BCUT2D eigenvalue weighted by molar-refractivity contribution is 0.607. The maximum absolute atomic E-state index is 4.08. The van der Waals surface area contributed by atoms with Crippen molar-refractivity contribution in [3.63, 3.8) is 0 Å². The molecule has 0 amide bonds. The summed E-state index contributed by atoms with van der Waals surface area (Å²) in [5, 5.41) is 0. The lowest BCUT2D eigenvalue weighted by Gasteiger charge is -2.00. The van der Waals surface area contributed by atoms with E-state index in [-0.39, 0.29) is 0 Å². The first kappa shape index (κ1) is 11.2. The number of aromatic nitrogens is 1. The van der Waals surface area contributed by atoms with Crippen LogP contribution in [0.2, 0.25) is 0 Å². The van der Waals surface area contributed by atoms with Crippen molar-refractivity contribution in [3.05, 3.63) is 30.1 Å². The van der Waals surface area contributed by atoms with Gasteiger partial charge >= 0.3 is 0 Å². The first-order valence-corrected chi connectivity index (χ1v) is 5.74. The van der Waals surface area contributed by atoms with Crippen molar-refractivity contribution < 1.29 is 0 Å². The highest BCUT2D eigenvalue weighted by Gasteiger charge is 1.93. The second kappa shape index (κ2) is 7.54. The summed E-state index contributed by atoms with van der Waals surface area (Å²) in [7, 11) is 0. The first-order valence-electron chi connectivity index (χ1n) is 5.74. The van der Waals surface area contributed by atoms with Gasteiger partial charge in [0.1, 0.15) is 0 Å². The van der Waals surface area contributed by atoms with Crippen molar-refractivity contribution in [2.75, 3.05) is 0 Å². The number of nitrogens with zero attached hydrogens (tertiary/aromatic N) is 1. The van der Waals surface area contributed by atoms with Gasteiger partial charge in [0.05, 0.1) is 0 Å². The molecule has 0 aliphatic rings. The van der Waals surface area contributed by atoms with Crippen LogP contribution in [0.3, 0.4) is 0 Å². The number of pyridine rings is 1. The lowest BCUT2D eigenvalue weighted by atomic mass is 10.1. The van der Waals surface area contributed by atoms with E-state index in [0.29, 0.717) is 0 Å². The second-order valence-electron chi connectivity index (χ2n) is 3.78. The van der Waals surface area contributed by atoms with E-state index in [2.05, 4.69) is 18.0 Å². The summed E-state index contributed by atoms with van der Waals surface area (Å²) in [6.07, 6.45) is 13.0. The van der Waals surface area contributed by atoms with Crippen LogP contribution in [0.15, 0.2) is 18.5 Å². The molecule has 0 atom stereocenters. The third kappa shape index (κ3) is 5.00. The standard InChI is InChI=1S/C13H20N/c1-2-3-4-5-6-7-9-13-10-8-11-14-12-13/h8,11-12H,2-7,9H2,1H3. The van der Waals surface area contributed by atoms with Gasteiger partial charge in [0.2, 0.25) is 0 Å². The SMILES string of the molecule is CCCCCCCCc1[c]ccnc1. The Hall–Kier alpha value is -0.850. The molecule has 0 bridgehead atoms. The van der Waals surface area contributed by atoms with Gasteiger partial charge in [-0.25, -0.2) is 0 Å². The predicted octanol–water partition coefficient (Wildman–Crippen LogP) is 3.78. The van der Waals surface area contributed by atoms with Crippen LogP contribution in [0.4, 0.5) is 0 Å². The quantitative estimate of drug-likeness (QED) is 0.596. The maximum atomic E-state index is 4.08. The van der Waals surface area contributed by atoms with Crippen LogP contribution < -0.4 is 0 Å². The topological polar surface area (TPSA) is 12.9 Å². The Kier molecular flexibility index (Phi) is 6.05. The molecule has 1 heteroatoms. The van der Waals surface area contributed by atoms with E-state index in [4.69, 9.17) is 0 Å². The molecule has 0 aliphatic heterocycles. The van der Waals surface area contributed by atoms with Gasteiger partial charge < -0.3 is 0 Å². The summed E-state index contributed by atoms with van der Waals surface area (Å²) in [4.78, 5) is 4.08. The summed E-state index contributed by atoms with van der Waals surface area (Å²) in [6, 6.07) is 5.10. The highest BCUT2D eigenvalue weighted by atomic mass is 14.6. The molecule has 0 saturated heterocycles. The number of rotatable bonds is 7. The average Bonchev–Trinajstić information content (AvgIpc) is 2.25. The van der Waals surface area contributed by atoms with E-state index in [1.165, 1.54) is 44.1 Å². The molecule has 1 radical (unpaired) electrons. The third-order valence-corrected chi connectivity index (χ3v) is 2.46. The lowest BCUT2D eigenvalue weighted by Crippen LogP contribution is -1.87. The summed E-state index contributed by atoms with van der Waals surface area (Å²) >= 11 is 0. The minimum absolute atomic E-state index is 1.14. The molecule has 14 heavy (non-hydrogen) atoms. The summed E-state index contributed by atoms with van der Waals surface area (Å²) in [5.74, 6) is 0. The van der Waals surface area contributed by atoms with Crippen molar-refractivity contribution in [2.24, 2.45) is 0 Å². The summed E-state index contributed by atoms with van der Waals surface area (Å²) in [5.41, 5.74) is 1.25. The van der Waals surface area contributed by atoms with Crippen LogP contribution in [0, 0.1) is 6.07 Å². The molecular weight excluding hydrogens is 170 g/mol. The Morgan fingerprint density at radius 1 is 1.14 bits per heavy atom. The zero-order valence-corrected chi connectivity index (χ0v) is 9.13. The van der Waals surface area contributed by atoms with Gasteiger partial charge in [-0.15, -0.1) is 0 Å². The molecule has 0 saturated carbocycles. The van der Waals surface area contributed by atoms with Gasteiger partial charge in [-0.2, -0.15) is 0 Å². The van der Waals surface area contributed by atoms with Gasteiger partial charge in [-0.1, -0.05) is 39.0 Å². The van der Waals surface area contributed by atoms with E-state index >= 15 is 0 Å². The molecule has 0 aromatic carbocycles. The fraction of sp³-hybridized carbons (Fsp3) is 0.615. The normalized spacial score (nSPS) is 10.4. The second-order valence-corrected chi connectivity index (χ2v) is 3.78. The Morgan fingerprint density at radius 2 is 1.93 bits per heavy atom. The maximum Gasteiger partial charge on any atom is 0.0306 e. The highest BCUT2D eigenvalue weighted by Crippen LogP contribution is 2.08. The molecule has 1 aromatic heterocycles. The predicted molar refractivity (Wildman–Crippen MR) is 60.2 cm³/mol. The fourth-order valence-electron chi connectivity index (χ4n) is 1.59. The monoisotopic (exact) mass is 190 g/mol. The average molecular weight is 190 g/mol. The Bertz CT molecular complexity index is 218. The minimum atomic E-state index is 1.14. The molecule has 1 aromatic rings. The Morgan fingerprint density at radius 3 is 2.64 bits per heavy atom. The van der Waals surface area contributed by atoms with Gasteiger partial charge in [0, 0.05) is 12.4 Å². The smallest absolute Gasteiger partial charge is 0.0306 e. The highest BCUT2D eigenvalue weighted by molar-refractivity contribution is 5.06. The van der Waals surface area contributed by atoms with E-state index in [0.717, 1.165) is 6.42 Å². The number of hydrogen-bond acceptors (Lipinski definition) is 1. The van der Waals surface area contributed by atoms with Crippen molar-refractivity contribution in [1.29, 1.82) is 0 Å². The third-order valence-electron chi connectivity index (χ3n) is 2.46. The van der Waals surface area contributed by atoms with E-state index in [1.54, 1.807) is 6.20 Å². The largest absolute Gasteiger partial charge is 0.264 e. The molecule has 0 N–H and O–H groups in total. The molecule has 0 spiro atoms. The molecule has 1 nitrogen and oxygen atoms in total. The number of hydrogen-bond donors (Lipinski definition) is 0.